The minimum absolute atomic E-state index is 0.0333. The first kappa shape index (κ1) is 26.3. The minimum atomic E-state index is -0.352. The molecule has 0 amide bonds. The quantitative estimate of drug-likeness (QED) is 0.216. The fraction of sp³-hybridized carbons (Fsp3) is 0. The van der Waals surface area contributed by atoms with Gasteiger partial charge in [0.1, 0.15) is 11.6 Å². The molecule has 2 aromatic heterocycles. The minimum Gasteiger partial charge on any atom is -0.507 e. The zero-order valence-corrected chi connectivity index (χ0v) is 24.7. The van der Waals surface area contributed by atoms with Gasteiger partial charge in [-0.3, -0.25) is 0 Å². The number of phenols is 1. The number of rotatable bonds is 4. The molecule has 0 saturated carbocycles. The molecule has 46 heavy (non-hydrogen) atoms. The van der Waals surface area contributed by atoms with E-state index < -0.39 is 0 Å². The van der Waals surface area contributed by atoms with E-state index in [0.717, 1.165) is 60.7 Å². The molecular formula is C42H27FN2O. The summed E-state index contributed by atoms with van der Waals surface area (Å²) < 4.78 is 21.2. The van der Waals surface area contributed by atoms with Gasteiger partial charge in [0, 0.05) is 50.1 Å². The molecule has 9 aromatic rings. The second-order valence-corrected chi connectivity index (χ2v) is 11.7. The van der Waals surface area contributed by atoms with Crippen LogP contribution in [-0.4, -0.2) is 14.2 Å². The molecule has 0 saturated heterocycles. The SMILES string of the molecule is Oc1cc2c(cc1-c1ccc3c(c1F)c1ccccc1n3-c1ccc(-c3ccccc3)cc1)c1ccccc1n2-c1ccccc1. The summed E-state index contributed by atoms with van der Waals surface area (Å²) in [5, 5.41) is 14.8. The maximum Gasteiger partial charge on any atom is 0.141 e. The van der Waals surface area contributed by atoms with Gasteiger partial charge in [0.2, 0.25) is 0 Å². The van der Waals surface area contributed by atoms with Crippen LogP contribution in [0.25, 0.3) is 77.2 Å². The van der Waals surface area contributed by atoms with Gasteiger partial charge in [-0.1, -0.05) is 97.1 Å². The molecule has 3 nitrogen and oxygen atoms in total. The van der Waals surface area contributed by atoms with Crippen molar-refractivity contribution in [1.82, 2.24) is 9.13 Å². The lowest BCUT2D eigenvalue weighted by Crippen LogP contribution is -1.95. The first-order valence-corrected chi connectivity index (χ1v) is 15.4. The third kappa shape index (κ3) is 3.90. The Morgan fingerprint density at radius 3 is 1.72 bits per heavy atom. The first-order chi connectivity index (χ1) is 22.7. The Morgan fingerprint density at radius 2 is 0.978 bits per heavy atom. The van der Waals surface area contributed by atoms with E-state index in [1.165, 1.54) is 0 Å². The van der Waals surface area contributed by atoms with Gasteiger partial charge >= 0.3 is 0 Å². The van der Waals surface area contributed by atoms with E-state index >= 15 is 4.39 Å². The number of fused-ring (bicyclic) bond motifs is 6. The molecule has 0 spiro atoms. The second-order valence-electron chi connectivity index (χ2n) is 11.7. The molecule has 1 N–H and O–H groups in total. The highest BCUT2D eigenvalue weighted by Crippen LogP contribution is 2.43. The van der Waals surface area contributed by atoms with Crippen molar-refractivity contribution in [3.8, 4) is 39.4 Å². The molecule has 0 unspecified atom stereocenters. The van der Waals surface area contributed by atoms with E-state index in [4.69, 9.17) is 0 Å². The van der Waals surface area contributed by atoms with Gasteiger partial charge in [-0.15, -0.1) is 0 Å². The van der Waals surface area contributed by atoms with Gasteiger partial charge in [0.05, 0.1) is 22.1 Å². The predicted molar refractivity (Wildman–Crippen MR) is 188 cm³/mol. The number of para-hydroxylation sites is 3. The highest BCUT2D eigenvalue weighted by Gasteiger charge is 2.22. The maximum atomic E-state index is 16.9. The molecule has 9 rings (SSSR count). The molecule has 4 heteroatoms. The Bertz CT molecular complexity index is 2580. The van der Waals surface area contributed by atoms with E-state index in [2.05, 4.69) is 69.8 Å². The van der Waals surface area contributed by atoms with Crippen LogP contribution in [0.3, 0.4) is 0 Å². The van der Waals surface area contributed by atoms with E-state index in [-0.39, 0.29) is 11.6 Å². The summed E-state index contributed by atoms with van der Waals surface area (Å²) in [5.41, 5.74) is 8.64. The number of hydrogen-bond donors (Lipinski definition) is 1. The second kappa shape index (κ2) is 10.2. The van der Waals surface area contributed by atoms with E-state index in [1.54, 1.807) is 12.1 Å². The lowest BCUT2D eigenvalue weighted by atomic mass is 9.98. The van der Waals surface area contributed by atoms with Crippen LogP contribution in [0.1, 0.15) is 0 Å². The summed E-state index contributed by atoms with van der Waals surface area (Å²) >= 11 is 0. The maximum absolute atomic E-state index is 16.9. The molecule has 0 aliphatic carbocycles. The lowest BCUT2D eigenvalue weighted by Gasteiger charge is -2.12. The van der Waals surface area contributed by atoms with Crippen molar-refractivity contribution in [2.45, 2.75) is 0 Å². The van der Waals surface area contributed by atoms with Gasteiger partial charge < -0.3 is 14.2 Å². The van der Waals surface area contributed by atoms with Gasteiger partial charge in [-0.05, 0) is 65.7 Å². The van der Waals surface area contributed by atoms with E-state index in [9.17, 15) is 5.11 Å². The van der Waals surface area contributed by atoms with Crippen LogP contribution in [0, 0.1) is 5.82 Å². The Morgan fingerprint density at radius 1 is 0.413 bits per heavy atom. The normalized spacial score (nSPS) is 11.7. The van der Waals surface area contributed by atoms with Crippen LogP contribution in [0.4, 0.5) is 4.39 Å². The fourth-order valence-electron chi connectivity index (χ4n) is 7.01. The van der Waals surface area contributed by atoms with Crippen LogP contribution >= 0.6 is 0 Å². The molecule has 0 fully saturated rings. The van der Waals surface area contributed by atoms with Crippen molar-refractivity contribution in [3.05, 3.63) is 164 Å². The predicted octanol–water partition coefficient (Wildman–Crippen LogP) is 11.1. The average Bonchev–Trinajstić information content (AvgIpc) is 3.62. The monoisotopic (exact) mass is 594 g/mol. The topological polar surface area (TPSA) is 30.1 Å². The molecule has 218 valence electrons. The largest absolute Gasteiger partial charge is 0.507 e. The number of aromatic nitrogens is 2. The molecule has 0 bridgehead atoms. The molecule has 0 aliphatic heterocycles. The number of phenolic OH excluding ortho intramolecular Hbond substituents is 1. The molecule has 0 radical (unpaired) electrons. The molecule has 0 aliphatic rings. The lowest BCUT2D eigenvalue weighted by molar-refractivity contribution is 0.477. The van der Waals surface area contributed by atoms with E-state index in [0.29, 0.717) is 16.5 Å². The third-order valence-corrected chi connectivity index (χ3v) is 9.10. The van der Waals surface area contributed by atoms with Crippen LogP contribution in [-0.2, 0) is 0 Å². The molecule has 7 aromatic carbocycles. The van der Waals surface area contributed by atoms with Crippen molar-refractivity contribution >= 4 is 43.6 Å². The molecule has 2 heterocycles. The number of nitrogens with zero attached hydrogens (tertiary/aromatic N) is 2. The van der Waals surface area contributed by atoms with Crippen LogP contribution in [0.15, 0.2) is 158 Å². The van der Waals surface area contributed by atoms with Gasteiger partial charge in [0.15, 0.2) is 0 Å². The molecular weight excluding hydrogens is 567 g/mol. The fourth-order valence-corrected chi connectivity index (χ4v) is 7.01. The Labute approximate surface area is 264 Å². The summed E-state index contributed by atoms with van der Waals surface area (Å²) in [5.74, 6) is -0.319. The summed E-state index contributed by atoms with van der Waals surface area (Å²) in [6.07, 6.45) is 0. The molecule has 0 atom stereocenters. The highest BCUT2D eigenvalue weighted by atomic mass is 19.1. The van der Waals surface area contributed by atoms with Crippen molar-refractivity contribution in [2.24, 2.45) is 0 Å². The summed E-state index contributed by atoms with van der Waals surface area (Å²) in [4.78, 5) is 0. The average molecular weight is 595 g/mol. The number of aromatic hydroxyl groups is 1. The number of benzene rings is 7. The smallest absolute Gasteiger partial charge is 0.141 e. The van der Waals surface area contributed by atoms with Crippen molar-refractivity contribution < 1.29 is 9.50 Å². The first-order valence-electron chi connectivity index (χ1n) is 15.4. The van der Waals surface area contributed by atoms with Crippen LogP contribution < -0.4 is 0 Å². The number of halogens is 1. The van der Waals surface area contributed by atoms with Gasteiger partial charge in [0.25, 0.3) is 0 Å². The summed E-state index contributed by atoms with van der Waals surface area (Å²) in [7, 11) is 0. The van der Waals surface area contributed by atoms with Crippen molar-refractivity contribution in [2.75, 3.05) is 0 Å². The zero-order chi connectivity index (χ0) is 30.8. The summed E-state index contributed by atoms with van der Waals surface area (Å²) in [6.45, 7) is 0. The van der Waals surface area contributed by atoms with Crippen LogP contribution in [0.2, 0.25) is 0 Å². The zero-order valence-electron chi connectivity index (χ0n) is 24.7. The highest BCUT2D eigenvalue weighted by molar-refractivity contribution is 6.13. The Kier molecular flexibility index (Phi) is 5.84. The van der Waals surface area contributed by atoms with Crippen LogP contribution in [0.5, 0.6) is 5.75 Å². The van der Waals surface area contributed by atoms with Crippen molar-refractivity contribution in [3.63, 3.8) is 0 Å². The van der Waals surface area contributed by atoms with Gasteiger partial charge in [-0.2, -0.15) is 0 Å². The van der Waals surface area contributed by atoms with Crippen molar-refractivity contribution in [1.29, 1.82) is 0 Å². The Balaban J connectivity index is 1.25. The summed E-state index contributed by atoms with van der Waals surface area (Å²) in [6, 6.07) is 52.3. The van der Waals surface area contributed by atoms with Gasteiger partial charge in [-0.25, -0.2) is 4.39 Å². The standard InChI is InChI=1S/C42H27FN2O/c43-42-32(35-25-34-31-15-7-9-17-36(31)45(39(34)26-40(35)46)29-13-5-2-6-14-29)23-24-38-41(42)33-16-8-10-18-37(33)44(38)30-21-19-28(20-22-30)27-11-3-1-4-12-27/h1-26,46H. The number of hydrogen-bond acceptors (Lipinski definition) is 1. The van der Waals surface area contributed by atoms with E-state index in [1.807, 2.05) is 84.9 Å². The third-order valence-electron chi connectivity index (χ3n) is 9.10. The Hall–Kier alpha value is -6.13.